The van der Waals surface area contributed by atoms with Crippen molar-refractivity contribution in [2.45, 2.75) is 50.7 Å². The number of benzene rings is 1. The number of thioether (sulfide) groups is 1. The lowest BCUT2D eigenvalue weighted by Crippen LogP contribution is -2.15. The summed E-state index contributed by atoms with van der Waals surface area (Å²) < 4.78 is 2.15. The molecule has 0 fully saturated rings. The first-order valence-corrected chi connectivity index (χ1v) is 14.3. The number of thiophene rings is 1. The highest BCUT2D eigenvalue weighted by molar-refractivity contribution is 7.99. The number of carbonyl (C=O) groups excluding carboxylic acids is 1. The molecule has 1 aromatic carbocycles. The lowest BCUT2D eigenvalue weighted by atomic mass is 9.95. The maximum atomic E-state index is 12.6. The van der Waals surface area contributed by atoms with Crippen molar-refractivity contribution >= 4 is 57.1 Å². The van der Waals surface area contributed by atoms with Crippen molar-refractivity contribution in [3.8, 4) is 22.6 Å². The molecule has 0 unspecified atom stereocenters. The van der Waals surface area contributed by atoms with Gasteiger partial charge in [0.15, 0.2) is 16.1 Å². The first kappa shape index (κ1) is 23.5. The quantitative estimate of drug-likeness (QED) is 0.261. The summed E-state index contributed by atoms with van der Waals surface area (Å²) in [6, 6.07) is 7.68. The first-order valence-electron chi connectivity index (χ1n) is 11.2. The zero-order chi connectivity index (χ0) is 23.7. The zero-order valence-corrected chi connectivity index (χ0v) is 22.1. The van der Waals surface area contributed by atoms with Crippen LogP contribution in [-0.4, -0.2) is 31.4 Å². The molecule has 0 atom stereocenters. The third-order valence-corrected chi connectivity index (χ3v) is 8.75. The molecule has 1 N–H and O–H groups in total. The first-order chi connectivity index (χ1) is 16.5. The highest BCUT2D eigenvalue weighted by Gasteiger charge is 2.24. The number of fused-ring (bicyclic) bond motifs is 1. The van der Waals surface area contributed by atoms with E-state index in [-0.39, 0.29) is 17.7 Å². The SMILES string of the molecule is CC(C)n1c(SCC(=O)Nc2nc(-c3ccc(Cl)cc3)cs2)nnc1-c1csc2c1CCCC2. The van der Waals surface area contributed by atoms with Crippen LogP contribution in [0, 0.1) is 0 Å². The number of carbonyl (C=O) groups is 1. The summed E-state index contributed by atoms with van der Waals surface area (Å²) in [7, 11) is 0. The Morgan fingerprint density at radius 3 is 2.74 bits per heavy atom. The number of halogens is 1. The number of amides is 1. The molecule has 4 aromatic rings. The van der Waals surface area contributed by atoms with Crippen LogP contribution in [0.15, 0.2) is 40.2 Å². The Bertz CT molecular complexity index is 1310. The van der Waals surface area contributed by atoms with Crippen molar-refractivity contribution in [1.29, 1.82) is 0 Å². The molecule has 3 aromatic heterocycles. The van der Waals surface area contributed by atoms with E-state index in [0.29, 0.717) is 10.2 Å². The fourth-order valence-corrected chi connectivity index (χ4v) is 6.93. The molecule has 5 rings (SSSR count). The second-order valence-electron chi connectivity index (χ2n) is 8.41. The van der Waals surface area contributed by atoms with E-state index in [2.05, 4.69) is 44.3 Å². The van der Waals surface area contributed by atoms with Gasteiger partial charge in [-0.05, 0) is 57.2 Å². The molecule has 10 heteroatoms. The molecule has 6 nitrogen and oxygen atoms in total. The number of thiazole rings is 1. The minimum Gasteiger partial charge on any atom is -0.301 e. The summed E-state index contributed by atoms with van der Waals surface area (Å²) in [6.07, 6.45) is 4.76. The molecule has 0 spiro atoms. The normalized spacial score (nSPS) is 13.3. The van der Waals surface area contributed by atoms with Gasteiger partial charge < -0.3 is 5.32 Å². The summed E-state index contributed by atoms with van der Waals surface area (Å²) in [5, 5.41) is 18.1. The van der Waals surface area contributed by atoms with Crippen LogP contribution < -0.4 is 5.32 Å². The second-order valence-corrected chi connectivity index (χ2v) is 11.6. The number of hydrogen-bond acceptors (Lipinski definition) is 7. The largest absolute Gasteiger partial charge is 0.301 e. The fraction of sp³-hybridized carbons (Fsp3) is 0.333. The summed E-state index contributed by atoms with van der Waals surface area (Å²) in [4.78, 5) is 18.7. The van der Waals surface area contributed by atoms with E-state index in [1.807, 2.05) is 41.0 Å². The van der Waals surface area contributed by atoms with Crippen LogP contribution in [0.1, 0.15) is 43.2 Å². The molecule has 0 aliphatic heterocycles. The van der Waals surface area contributed by atoms with Crippen LogP contribution in [0.5, 0.6) is 0 Å². The summed E-state index contributed by atoms with van der Waals surface area (Å²) >= 11 is 10.6. The smallest absolute Gasteiger partial charge is 0.236 e. The van der Waals surface area contributed by atoms with Gasteiger partial charge in [-0.3, -0.25) is 9.36 Å². The molecule has 0 radical (unpaired) electrons. The molecule has 0 bridgehead atoms. The monoisotopic (exact) mass is 529 g/mol. The molecular weight excluding hydrogens is 506 g/mol. The standard InChI is InChI=1S/C24H24ClN5OS3/c1-14(2)30-22(18-11-32-20-6-4-3-5-17(18)20)28-29-24(30)34-13-21(31)27-23-26-19(12-33-23)15-7-9-16(25)10-8-15/h7-12,14H,3-6,13H2,1-2H3,(H,26,27,31). The summed E-state index contributed by atoms with van der Waals surface area (Å²) in [5.41, 5.74) is 4.41. The lowest BCUT2D eigenvalue weighted by molar-refractivity contribution is -0.113. The van der Waals surface area contributed by atoms with Gasteiger partial charge in [-0.25, -0.2) is 4.98 Å². The Labute approximate surface area is 215 Å². The van der Waals surface area contributed by atoms with E-state index in [1.165, 1.54) is 51.9 Å². The van der Waals surface area contributed by atoms with Crippen molar-refractivity contribution < 1.29 is 4.79 Å². The Kier molecular flexibility index (Phi) is 7.06. The Balaban J connectivity index is 1.27. The van der Waals surface area contributed by atoms with Crippen molar-refractivity contribution in [2.24, 2.45) is 0 Å². The third kappa shape index (κ3) is 4.93. The van der Waals surface area contributed by atoms with E-state index in [4.69, 9.17) is 11.6 Å². The van der Waals surface area contributed by atoms with Crippen LogP contribution in [0.2, 0.25) is 5.02 Å². The highest BCUT2D eigenvalue weighted by atomic mass is 35.5. The van der Waals surface area contributed by atoms with Gasteiger partial charge >= 0.3 is 0 Å². The van der Waals surface area contributed by atoms with E-state index in [0.717, 1.165) is 35.1 Å². The van der Waals surface area contributed by atoms with Crippen molar-refractivity contribution in [3.05, 3.63) is 50.5 Å². The molecule has 1 aliphatic rings. The van der Waals surface area contributed by atoms with Gasteiger partial charge in [-0.15, -0.1) is 32.9 Å². The molecule has 0 saturated carbocycles. The maximum Gasteiger partial charge on any atom is 0.236 e. The van der Waals surface area contributed by atoms with Gasteiger partial charge in [0.05, 0.1) is 11.4 Å². The van der Waals surface area contributed by atoms with E-state index in [9.17, 15) is 4.79 Å². The maximum absolute atomic E-state index is 12.6. The van der Waals surface area contributed by atoms with Crippen molar-refractivity contribution in [2.75, 3.05) is 11.1 Å². The van der Waals surface area contributed by atoms with Gasteiger partial charge in [0.25, 0.3) is 0 Å². The van der Waals surface area contributed by atoms with Gasteiger partial charge in [0.2, 0.25) is 5.91 Å². The van der Waals surface area contributed by atoms with Crippen LogP contribution >= 0.6 is 46.0 Å². The average molecular weight is 530 g/mol. The molecule has 1 amide bonds. The molecule has 0 saturated heterocycles. The van der Waals surface area contributed by atoms with E-state index < -0.39 is 0 Å². The zero-order valence-electron chi connectivity index (χ0n) is 18.9. The molecule has 176 valence electrons. The number of nitrogens with zero attached hydrogens (tertiary/aromatic N) is 4. The lowest BCUT2D eigenvalue weighted by Gasteiger charge is -2.16. The number of hydrogen-bond donors (Lipinski definition) is 1. The van der Waals surface area contributed by atoms with Crippen LogP contribution in [0.25, 0.3) is 22.6 Å². The number of anilines is 1. The molecule has 34 heavy (non-hydrogen) atoms. The second kappa shape index (κ2) is 10.2. The average Bonchev–Trinajstić information content (AvgIpc) is 3.56. The molecule has 3 heterocycles. The number of aryl methyl sites for hydroxylation is 1. The summed E-state index contributed by atoms with van der Waals surface area (Å²) in [6.45, 7) is 4.26. The van der Waals surface area contributed by atoms with E-state index in [1.54, 1.807) is 0 Å². The predicted octanol–water partition coefficient (Wildman–Crippen LogP) is 6.97. The number of rotatable bonds is 7. The Morgan fingerprint density at radius 2 is 1.94 bits per heavy atom. The van der Waals surface area contributed by atoms with E-state index >= 15 is 0 Å². The number of nitrogens with one attached hydrogen (secondary N) is 1. The van der Waals surface area contributed by atoms with Crippen LogP contribution in [0.4, 0.5) is 5.13 Å². The van der Waals surface area contributed by atoms with Gasteiger partial charge in [0, 0.05) is 37.8 Å². The van der Waals surface area contributed by atoms with Crippen LogP contribution in [0.3, 0.4) is 0 Å². The predicted molar refractivity (Wildman–Crippen MR) is 142 cm³/mol. The van der Waals surface area contributed by atoms with Crippen molar-refractivity contribution in [3.63, 3.8) is 0 Å². The fourth-order valence-electron chi connectivity index (χ4n) is 4.08. The third-order valence-electron chi connectivity index (χ3n) is 5.71. The van der Waals surface area contributed by atoms with Gasteiger partial charge in [0.1, 0.15) is 0 Å². The van der Waals surface area contributed by atoms with Gasteiger partial charge in [-0.2, -0.15) is 0 Å². The number of aromatic nitrogens is 4. The minimum atomic E-state index is -0.116. The summed E-state index contributed by atoms with van der Waals surface area (Å²) in [5.74, 6) is 1.03. The van der Waals surface area contributed by atoms with Gasteiger partial charge in [-0.1, -0.05) is 35.5 Å². The van der Waals surface area contributed by atoms with Crippen LogP contribution in [-0.2, 0) is 17.6 Å². The topological polar surface area (TPSA) is 72.7 Å². The minimum absolute atomic E-state index is 0.116. The molecule has 1 aliphatic carbocycles. The molecular formula is C24H24ClN5OS3. The Hall–Kier alpha value is -2.20. The Morgan fingerprint density at radius 1 is 1.15 bits per heavy atom. The highest BCUT2D eigenvalue weighted by Crippen LogP contribution is 2.38. The van der Waals surface area contributed by atoms with Crippen molar-refractivity contribution in [1.82, 2.24) is 19.7 Å².